The first-order chi connectivity index (χ1) is 6.56. The van der Waals surface area contributed by atoms with Crippen LogP contribution >= 0.6 is 0 Å². The second kappa shape index (κ2) is 4.46. The van der Waals surface area contributed by atoms with Gasteiger partial charge in [-0.05, 0) is 25.8 Å². The lowest BCUT2D eigenvalue weighted by Gasteiger charge is -2.23. The van der Waals surface area contributed by atoms with Crippen molar-refractivity contribution in [1.82, 2.24) is 0 Å². The third-order valence-corrected chi connectivity index (χ3v) is 2.15. The smallest absolute Gasteiger partial charge is 0.338 e. The maximum absolute atomic E-state index is 11.2. The molecule has 0 aromatic rings. The number of hydrogen-bond donors (Lipinski definition) is 1. The Labute approximate surface area is 83.5 Å². The van der Waals surface area contributed by atoms with Gasteiger partial charge < -0.3 is 14.6 Å². The predicted molar refractivity (Wildman–Crippen MR) is 50.5 cm³/mol. The molecule has 0 radical (unpaired) electrons. The van der Waals surface area contributed by atoms with E-state index in [1.165, 1.54) is 14.0 Å². The SMILES string of the molecule is COC(=O)C(C)(O)CC1=CCCCO1. The van der Waals surface area contributed by atoms with E-state index in [0.29, 0.717) is 12.4 Å². The van der Waals surface area contributed by atoms with Crippen molar-refractivity contribution in [2.75, 3.05) is 13.7 Å². The van der Waals surface area contributed by atoms with Gasteiger partial charge in [-0.25, -0.2) is 4.79 Å². The third-order valence-electron chi connectivity index (χ3n) is 2.15. The van der Waals surface area contributed by atoms with Crippen LogP contribution in [0, 0.1) is 0 Å². The van der Waals surface area contributed by atoms with Crippen LogP contribution in [0.5, 0.6) is 0 Å². The van der Waals surface area contributed by atoms with E-state index >= 15 is 0 Å². The third kappa shape index (κ3) is 2.73. The molecule has 1 aliphatic rings. The topological polar surface area (TPSA) is 55.8 Å². The monoisotopic (exact) mass is 200 g/mol. The summed E-state index contributed by atoms with van der Waals surface area (Å²) in [5.74, 6) is 0.0409. The largest absolute Gasteiger partial charge is 0.498 e. The fourth-order valence-corrected chi connectivity index (χ4v) is 1.36. The normalized spacial score (nSPS) is 20.4. The van der Waals surface area contributed by atoms with Crippen LogP contribution in [0.15, 0.2) is 11.8 Å². The lowest BCUT2D eigenvalue weighted by atomic mass is 10.00. The number of hydrogen-bond acceptors (Lipinski definition) is 4. The minimum absolute atomic E-state index is 0.180. The van der Waals surface area contributed by atoms with Gasteiger partial charge in [0, 0.05) is 6.42 Å². The van der Waals surface area contributed by atoms with Crippen molar-refractivity contribution in [2.24, 2.45) is 0 Å². The Morgan fingerprint density at radius 3 is 3.00 bits per heavy atom. The molecular weight excluding hydrogens is 184 g/mol. The summed E-state index contributed by atoms with van der Waals surface area (Å²) in [6, 6.07) is 0. The molecule has 4 nitrogen and oxygen atoms in total. The number of esters is 1. The van der Waals surface area contributed by atoms with Crippen LogP contribution in [0.25, 0.3) is 0 Å². The van der Waals surface area contributed by atoms with Crippen LogP contribution in [-0.4, -0.2) is 30.4 Å². The van der Waals surface area contributed by atoms with Crippen molar-refractivity contribution in [3.63, 3.8) is 0 Å². The summed E-state index contributed by atoms with van der Waals surface area (Å²) in [6.07, 6.45) is 4.01. The maximum Gasteiger partial charge on any atom is 0.338 e. The van der Waals surface area contributed by atoms with E-state index in [1.807, 2.05) is 6.08 Å². The molecule has 80 valence electrons. The Hall–Kier alpha value is -1.03. The maximum atomic E-state index is 11.2. The molecular formula is C10H16O4. The van der Waals surface area contributed by atoms with Gasteiger partial charge in [-0.3, -0.25) is 0 Å². The zero-order chi connectivity index (χ0) is 10.6. The van der Waals surface area contributed by atoms with Gasteiger partial charge in [0.15, 0.2) is 5.60 Å². The van der Waals surface area contributed by atoms with Gasteiger partial charge in [-0.1, -0.05) is 0 Å². The number of allylic oxidation sites excluding steroid dienone is 1. The highest BCUT2D eigenvalue weighted by Crippen LogP contribution is 2.22. The standard InChI is InChI=1S/C10H16O4/c1-10(12,9(11)13-2)7-8-5-3-4-6-14-8/h5,12H,3-4,6-7H2,1-2H3. The highest BCUT2D eigenvalue weighted by atomic mass is 16.5. The predicted octanol–water partition coefficient (Wildman–Crippen LogP) is 0.995. The molecule has 0 amide bonds. The van der Waals surface area contributed by atoms with E-state index in [0.717, 1.165) is 12.8 Å². The molecule has 1 N–H and O–H groups in total. The van der Waals surface area contributed by atoms with Crippen molar-refractivity contribution in [2.45, 2.75) is 31.8 Å². The summed E-state index contributed by atoms with van der Waals surface area (Å²) < 4.78 is 9.79. The van der Waals surface area contributed by atoms with Crippen LogP contribution in [0.2, 0.25) is 0 Å². The van der Waals surface area contributed by atoms with Crippen LogP contribution in [0.4, 0.5) is 0 Å². The van der Waals surface area contributed by atoms with E-state index in [1.54, 1.807) is 0 Å². The van der Waals surface area contributed by atoms with Crippen molar-refractivity contribution < 1.29 is 19.4 Å². The summed E-state index contributed by atoms with van der Waals surface area (Å²) in [4.78, 5) is 11.2. The molecule has 0 spiro atoms. The lowest BCUT2D eigenvalue weighted by molar-refractivity contribution is -0.161. The molecule has 0 fully saturated rings. The molecule has 0 aliphatic carbocycles. The summed E-state index contributed by atoms with van der Waals surface area (Å²) in [5.41, 5.74) is -1.49. The second-order valence-electron chi connectivity index (χ2n) is 3.60. The number of aliphatic hydroxyl groups is 1. The van der Waals surface area contributed by atoms with Crippen LogP contribution < -0.4 is 0 Å². The molecule has 1 atom stereocenters. The molecule has 1 aliphatic heterocycles. The van der Waals surface area contributed by atoms with Crippen LogP contribution in [0.1, 0.15) is 26.2 Å². The van der Waals surface area contributed by atoms with Gasteiger partial charge in [-0.2, -0.15) is 0 Å². The Bertz CT molecular complexity index is 243. The van der Waals surface area contributed by atoms with Crippen LogP contribution in [0.3, 0.4) is 0 Å². The lowest BCUT2D eigenvalue weighted by Crippen LogP contribution is -2.37. The molecule has 1 heterocycles. The average molecular weight is 200 g/mol. The first kappa shape index (κ1) is 11.0. The van der Waals surface area contributed by atoms with E-state index in [2.05, 4.69) is 4.74 Å². The zero-order valence-electron chi connectivity index (χ0n) is 8.58. The Kier molecular flexibility index (Phi) is 3.52. The van der Waals surface area contributed by atoms with Gasteiger partial charge in [-0.15, -0.1) is 0 Å². The van der Waals surface area contributed by atoms with Crippen molar-refractivity contribution in [3.05, 3.63) is 11.8 Å². The molecule has 0 aromatic heterocycles. The van der Waals surface area contributed by atoms with E-state index in [9.17, 15) is 9.90 Å². The molecule has 0 saturated heterocycles. The molecule has 0 bridgehead atoms. The number of methoxy groups -OCH3 is 1. The van der Waals surface area contributed by atoms with Crippen LogP contribution in [-0.2, 0) is 14.3 Å². The van der Waals surface area contributed by atoms with Gasteiger partial charge >= 0.3 is 5.97 Å². The molecule has 14 heavy (non-hydrogen) atoms. The number of carbonyl (C=O) groups is 1. The van der Waals surface area contributed by atoms with Crippen molar-refractivity contribution >= 4 is 5.97 Å². The van der Waals surface area contributed by atoms with Gasteiger partial charge in [0.1, 0.15) is 0 Å². The van der Waals surface area contributed by atoms with Crippen molar-refractivity contribution in [1.29, 1.82) is 0 Å². The minimum Gasteiger partial charge on any atom is -0.498 e. The van der Waals surface area contributed by atoms with Gasteiger partial charge in [0.25, 0.3) is 0 Å². The summed E-state index contributed by atoms with van der Waals surface area (Å²) in [5, 5.41) is 9.74. The Morgan fingerprint density at radius 2 is 2.50 bits per heavy atom. The first-order valence-electron chi connectivity index (χ1n) is 4.69. The van der Waals surface area contributed by atoms with Gasteiger partial charge in [0.05, 0.1) is 19.5 Å². The summed E-state index contributed by atoms with van der Waals surface area (Å²) >= 11 is 0. The molecule has 1 rings (SSSR count). The second-order valence-corrected chi connectivity index (χ2v) is 3.60. The van der Waals surface area contributed by atoms with E-state index < -0.39 is 11.6 Å². The highest BCUT2D eigenvalue weighted by molar-refractivity contribution is 5.78. The van der Waals surface area contributed by atoms with E-state index in [4.69, 9.17) is 4.74 Å². The van der Waals surface area contributed by atoms with Gasteiger partial charge in [0.2, 0.25) is 0 Å². The quantitative estimate of drug-likeness (QED) is 0.690. The van der Waals surface area contributed by atoms with Crippen molar-refractivity contribution in [3.8, 4) is 0 Å². The Morgan fingerprint density at radius 1 is 1.79 bits per heavy atom. The van der Waals surface area contributed by atoms with E-state index in [-0.39, 0.29) is 6.42 Å². The number of carbonyl (C=O) groups excluding carboxylic acids is 1. The number of ether oxygens (including phenoxy) is 2. The Balaban J connectivity index is 2.57. The first-order valence-corrected chi connectivity index (χ1v) is 4.69. The molecule has 0 aromatic carbocycles. The molecule has 4 heteroatoms. The highest BCUT2D eigenvalue weighted by Gasteiger charge is 2.33. The number of rotatable bonds is 3. The minimum atomic E-state index is -1.49. The zero-order valence-corrected chi connectivity index (χ0v) is 8.58. The molecule has 1 unspecified atom stereocenters. The fourth-order valence-electron chi connectivity index (χ4n) is 1.36. The fraction of sp³-hybridized carbons (Fsp3) is 0.700. The molecule has 0 saturated carbocycles. The average Bonchev–Trinajstić information content (AvgIpc) is 2.17. The summed E-state index contributed by atoms with van der Waals surface area (Å²) in [6.45, 7) is 2.08. The summed E-state index contributed by atoms with van der Waals surface area (Å²) in [7, 11) is 1.26.